The van der Waals surface area contributed by atoms with Crippen LogP contribution in [0.1, 0.15) is 22.7 Å². The average molecular weight is 459 g/mol. The van der Waals surface area contributed by atoms with Gasteiger partial charge in [0.25, 0.3) is 11.7 Å². The van der Waals surface area contributed by atoms with Gasteiger partial charge in [0.1, 0.15) is 28.6 Å². The summed E-state index contributed by atoms with van der Waals surface area (Å²) < 4.78 is 16.2. The van der Waals surface area contributed by atoms with Crippen LogP contribution in [0.5, 0.6) is 17.2 Å². The molecule has 1 atom stereocenters. The van der Waals surface area contributed by atoms with E-state index in [1.165, 1.54) is 26.2 Å². The molecule has 4 rings (SSSR count). The van der Waals surface area contributed by atoms with E-state index in [4.69, 9.17) is 14.2 Å². The number of Topliss-reactive ketones (excluding diaryl/α,β-unsaturated/α-hetero) is 1. The Bertz CT molecular complexity index is 1270. The summed E-state index contributed by atoms with van der Waals surface area (Å²) in [7, 11) is 4.45. The van der Waals surface area contributed by atoms with Gasteiger partial charge in [0, 0.05) is 5.69 Å². The van der Waals surface area contributed by atoms with Crippen LogP contribution >= 0.6 is 0 Å². The van der Waals surface area contributed by atoms with Gasteiger partial charge in [0.2, 0.25) is 0 Å². The van der Waals surface area contributed by atoms with Crippen molar-refractivity contribution in [2.24, 2.45) is 0 Å². The van der Waals surface area contributed by atoms with Crippen LogP contribution in [0.25, 0.3) is 5.76 Å². The minimum atomic E-state index is -0.897. The first-order chi connectivity index (χ1) is 16.4. The monoisotopic (exact) mass is 459 g/mol. The van der Waals surface area contributed by atoms with Crippen molar-refractivity contribution < 1.29 is 28.9 Å². The molecule has 1 aliphatic heterocycles. The molecule has 7 nitrogen and oxygen atoms in total. The number of benzene rings is 3. The average Bonchev–Trinajstić information content (AvgIpc) is 3.13. The van der Waals surface area contributed by atoms with Crippen molar-refractivity contribution in [2.45, 2.75) is 13.0 Å². The molecule has 1 saturated heterocycles. The lowest BCUT2D eigenvalue weighted by Crippen LogP contribution is -2.29. The van der Waals surface area contributed by atoms with Gasteiger partial charge in [-0.05, 0) is 54.4 Å². The van der Waals surface area contributed by atoms with E-state index in [0.717, 1.165) is 5.56 Å². The van der Waals surface area contributed by atoms with Crippen molar-refractivity contribution >= 4 is 23.1 Å². The maximum atomic E-state index is 13.4. The van der Waals surface area contributed by atoms with Gasteiger partial charge >= 0.3 is 0 Å². The van der Waals surface area contributed by atoms with Gasteiger partial charge in [0.05, 0.1) is 32.9 Å². The van der Waals surface area contributed by atoms with Crippen LogP contribution in [0.15, 0.2) is 72.3 Å². The molecule has 0 aliphatic carbocycles. The molecule has 1 aliphatic rings. The van der Waals surface area contributed by atoms with Gasteiger partial charge < -0.3 is 19.3 Å². The van der Waals surface area contributed by atoms with E-state index in [1.807, 2.05) is 25.1 Å². The van der Waals surface area contributed by atoms with E-state index >= 15 is 0 Å². The molecular formula is C27H25NO6. The van der Waals surface area contributed by atoms with Gasteiger partial charge in [-0.1, -0.05) is 30.3 Å². The number of nitrogens with zero attached hydrogens (tertiary/aromatic N) is 1. The number of carbonyl (C=O) groups excluding carboxylic acids is 2. The molecule has 1 heterocycles. The summed E-state index contributed by atoms with van der Waals surface area (Å²) in [5, 5.41) is 11.5. The zero-order valence-electron chi connectivity index (χ0n) is 19.4. The SMILES string of the molecule is COc1cccc(C2/C(=C(\O)c3c(OC)cccc3OC)C(=O)C(=O)N2c2cccc(C)c2)c1. The number of rotatable bonds is 6. The number of ether oxygens (including phenoxy) is 3. The van der Waals surface area contributed by atoms with Crippen LogP contribution < -0.4 is 19.1 Å². The fourth-order valence-electron chi connectivity index (χ4n) is 4.22. The first-order valence-electron chi connectivity index (χ1n) is 10.6. The molecular weight excluding hydrogens is 434 g/mol. The zero-order valence-corrected chi connectivity index (χ0v) is 19.4. The quantitative estimate of drug-likeness (QED) is 0.328. The van der Waals surface area contributed by atoms with Crippen molar-refractivity contribution in [3.05, 3.63) is 89.0 Å². The highest BCUT2D eigenvalue weighted by molar-refractivity contribution is 6.51. The molecule has 1 unspecified atom stereocenters. The number of aliphatic hydroxyl groups excluding tert-OH is 1. The zero-order chi connectivity index (χ0) is 24.4. The lowest BCUT2D eigenvalue weighted by Gasteiger charge is -2.26. The van der Waals surface area contributed by atoms with Gasteiger partial charge in [-0.25, -0.2) is 0 Å². The van der Waals surface area contributed by atoms with E-state index in [2.05, 4.69) is 0 Å². The molecule has 174 valence electrons. The first kappa shape index (κ1) is 22.9. The second-order valence-corrected chi connectivity index (χ2v) is 7.82. The maximum absolute atomic E-state index is 13.4. The van der Waals surface area contributed by atoms with Crippen molar-refractivity contribution in [3.8, 4) is 17.2 Å². The van der Waals surface area contributed by atoms with E-state index in [-0.39, 0.29) is 16.9 Å². The third-order valence-electron chi connectivity index (χ3n) is 5.80. The topological polar surface area (TPSA) is 85.3 Å². The lowest BCUT2D eigenvalue weighted by atomic mass is 9.94. The van der Waals surface area contributed by atoms with Gasteiger partial charge in [0.15, 0.2) is 0 Å². The Morgan fingerprint density at radius 2 is 1.50 bits per heavy atom. The van der Waals surface area contributed by atoms with Crippen LogP contribution in [0.3, 0.4) is 0 Å². The van der Waals surface area contributed by atoms with Gasteiger partial charge in [-0.2, -0.15) is 0 Å². The lowest BCUT2D eigenvalue weighted by molar-refractivity contribution is -0.132. The Morgan fingerprint density at radius 1 is 0.853 bits per heavy atom. The first-order valence-corrected chi connectivity index (χ1v) is 10.6. The number of ketones is 1. The Morgan fingerprint density at radius 3 is 2.12 bits per heavy atom. The summed E-state index contributed by atoms with van der Waals surface area (Å²) in [5.74, 6) is -0.752. The summed E-state index contributed by atoms with van der Waals surface area (Å²) in [4.78, 5) is 28.2. The molecule has 1 fully saturated rings. The highest BCUT2D eigenvalue weighted by Crippen LogP contribution is 2.45. The molecule has 3 aromatic rings. The third kappa shape index (κ3) is 3.85. The predicted octanol–water partition coefficient (Wildman–Crippen LogP) is 4.65. The summed E-state index contributed by atoms with van der Waals surface area (Å²) >= 11 is 0. The van der Waals surface area contributed by atoms with E-state index in [9.17, 15) is 14.7 Å². The summed E-state index contributed by atoms with van der Waals surface area (Å²) in [6.45, 7) is 1.90. The fraction of sp³-hybridized carbons (Fsp3) is 0.185. The minimum absolute atomic E-state index is 0.0671. The Kier molecular flexibility index (Phi) is 6.27. The number of methoxy groups -OCH3 is 3. The number of amides is 1. The molecule has 1 amide bonds. The van der Waals surface area contributed by atoms with Crippen LogP contribution in [-0.2, 0) is 9.59 Å². The molecule has 7 heteroatoms. The van der Waals surface area contributed by atoms with Crippen LogP contribution in [0, 0.1) is 6.92 Å². The van der Waals surface area contributed by atoms with Crippen molar-refractivity contribution in [1.82, 2.24) is 0 Å². The van der Waals surface area contributed by atoms with Crippen LogP contribution in [0.2, 0.25) is 0 Å². The number of hydrogen-bond donors (Lipinski definition) is 1. The van der Waals surface area contributed by atoms with E-state index in [0.29, 0.717) is 28.5 Å². The van der Waals surface area contributed by atoms with E-state index < -0.39 is 17.7 Å². The third-order valence-corrected chi connectivity index (χ3v) is 5.80. The minimum Gasteiger partial charge on any atom is -0.506 e. The number of aliphatic hydroxyl groups is 1. The van der Waals surface area contributed by atoms with E-state index in [1.54, 1.807) is 48.5 Å². The second-order valence-electron chi connectivity index (χ2n) is 7.82. The molecule has 3 aromatic carbocycles. The maximum Gasteiger partial charge on any atom is 0.300 e. The van der Waals surface area contributed by atoms with Crippen molar-refractivity contribution in [2.75, 3.05) is 26.2 Å². The largest absolute Gasteiger partial charge is 0.506 e. The number of hydrogen-bond acceptors (Lipinski definition) is 6. The molecule has 0 spiro atoms. The fourth-order valence-corrected chi connectivity index (χ4v) is 4.22. The van der Waals surface area contributed by atoms with Crippen LogP contribution in [-0.4, -0.2) is 38.1 Å². The Labute approximate surface area is 197 Å². The van der Waals surface area contributed by atoms with Gasteiger partial charge in [-0.3, -0.25) is 14.5 Å². The standard InChI is InChI=1S/C27H25NO6/c1-16-8-5-10-18(14-16)28-24(17-9-6-11-19(15-17)32-2)23(26(30)27(28)31)25(29)22-20(33-3)12-7-13-21(22)34-4/h5-15,24,29H,1-4H3/b25-23+. The number of carbonyl (C=O) groups is 2. The molecule has 0 saturated carbocycles. The summed E-state index contributed by atoms with van der Waals surface area (Å²) in [6.07, 6.45) is 0. The predicted molar refractivity (Wildman–Crippen MR) is 129 cm³/mol. The molecule has 0 bridgehead atoms. The number of anilines is 1. The highest BCUT2D eigenvalue weighted by atomic mass is 16.5. The van der Waals surface area contributed by atoms with Crippen LogP contribution in [0.4, 0.5) is 5.69 Å². The van der Waals surface area contributed by atoms with Crippen molar-refractivity contribution in [1.29, 1.82) is 0 Å². The highest BCUT2D eigenvalue weighted by Gasteiger charge is 2.47. The number of aryl methyl sites for hydroxylation is 1. The second kappa shape index (κ2) is 9.31. The Balaban J connectivity index is 2.03. The normalized spacial score (nSPS) is 17.1. The summed E-state index contributed by atoms with van der Waals surface area (Å²) in [5.41, 5.74) is 2.21. The van der Waals surface area contributed by atoms with Gasteiger partial charge in [-0.15, -0.1) is 0 Å². The summed E-state index contributed by atoms with van der Waals surface area (Å²) in [6, 6.07) is 18.5. The molecule has 1 N–H and O–H groups in total. The molecule has 0 radical (unpaired) electrons. The molecule has 34 heavy (non-hydrogen) atoms. The molecule has 0 aromatic heterocycles. The Hall–Kier alpha value is -4.26. The smallest absolute Gasteiger partial charge is 0.300 e. The van der Waals surface area contributed by atoms with Crippen molar-refractivity contribution in [3.63, 3.8) is 0 Å².